The number of rotatable bonds is 3. The summed E-state index contributed by atoms with van der Waals surface area (Å²) < 4.78 is 5.57. The van der Waals surface area contributed by atoms with Crippen molar-refractivity contribution in [3.63, 3.8) is 0 Å². The standard InChI is InChI=1S/C21H16ClN5O2/c22-15-8-6-13(7-9-15)19-25-20(29-26-19)18-10-16-17(24-12-23-16)11-27(18)21(28)14-4-2-1-3-5-14/h1-9,12,18H,10-11H2,(H,23,24)/t18-/m0/s1. The molecule has 4 aromatic rings. The first kappa shape index (κ1) is 17.6. The summed E-state index contributed by atoms with van der Waals surface area (Å²) >= 11 is 5.96. The summed E-state index contributed by atoms with van der Waals surface area (Å²) in [5.74, 6) is 0.742. The van der Waals surface area contributed by atoms with Crippen LogP contribution in [0.4, 0.5) is 0 Å². The summed E-state index contributed by atoms with van der Waals surface area (Å²) in [6.07, 6.45) is 2.14. The van der Waals surface area contributed by atoms with Crippen molar-refractivity contribution in [3.05, 3.63) is 88.8 Å². The number of H-pyrrole nitrogens is 1. The number of nitrogens with zero attached hydrogens (tertiary/aromatic N) is 4. The molecule has 8 heteroatoms. The van der Waals surface area contributed by atoms with Crippen LogP contribution in [0.2, 0.25) is 5.02 Å². The molecule has 1 amide bonds. The van der Waals surface area contributed by atoms with Crippen molar-refractivity contribution >= 4 is 17.5 Å². The first-order chi connectivity index (χ1) is 14.2. The zero-order valence-electron chi connectivity index (χ0n) is 15.2. The molecule has 1 aliphatic heterocycles. The molecule has 2 aromatic heterocycles. The summed E-state index contributed by atoms with van der Waals surface area (Å²) in [6.45, 7) is 0.395. The van der Waals surface area contributed by atoms with Gasteiger partial charge in [-0.3, -0.25) is 4.79 Å². The average Bonchev–Trinajstić information content (AvgIpc) is 3.43. The number of hydrogen-bond donors (Lipinski definition) is 1. The van der Waals surface area contributed by atoms with Crippen LogP contribution in [0.25, 0.3) is 11.4 Å². The number of hydrogen-bond acceptors (Lipinski definition) is 5. The molecule has 0 radical (unpaired) electrons. The SMILES string of the molecule is O=C(c1ccccc1)N1Cc2[nH]cnc2C[C@H]1c1nc(-c2ccc(Cl)cc2)no1. The molecule has 144 valence electrons. The molecular weight excluding hydrogens is 390 g/mol. The van der Waals surface area contributed by atoms with E-state index in [-0.39, 0.29) is 5.91 Å². The van der Waals surface area contributed by atoms with Crippen molar-refractivity contribution in [3.8, 4) is 11.4 Å². The number of aromatic nitrogens is 4. The highest BCUT2D eigenvalue weighted by Crippen LogP contribution is 2.33. The second kappa shape index (κ2) is 7.18. The van der Waals surface area contributed by atoms with Crippen LogP contribution in [-0.2, 0) is 13.0 Å². The third-order valence-corrected chi connectivity index (χ3v) is 5.26. The number of nitrogens with one attached hydrogen (secondary N) is 1. The summed E-state index contributed by atoms with van der Waals surface area (Å²) in [6, 6.07) is 16.0. The van der Waals surface area contributed by atoms with Crippen LogP contribution < -0.4 is 0 Å². The zero-order chi connectivity index (χ0) is 19.8. The molecule has 1 aliphatic rings. The lowest BCUT2D eigenvalue weighted by atomic mass is 10.0. The fraction of sp³-hybridized carbons (Fsp3) is 0.143. The maximum absolute atomic E-state index is 13.2. The van der Waals surface area contributed by atoms with Crippen molar-refractivity contribution in [1.82, 2.24) is 25.0 Å². The summed E-state index contributed by atoms with van der Waals surface area (Å²) in [5.41, 5.74) is 3.22. The van der Waals surface area contributed by atoms with Gasteiger partial charge in [0.15, 0.2) is 0 Å². The Kier molecular flexibility index (Phi) is 4.37. The van der Waals surface area contributed by atoms with Gasteiger partial charge in [-0.05, 0) is 36.4 Å². The number of benzene rings is 2. The molecule has 0 saturated heterocycles. The van der Waals surface area contributed by atoms with Crippen LogP contribution in [0.1, 0.15) is 33.7 Å². The summed E-state index contributed by atoms with van der Waals surface area (Å²) in [7, 11) is 0. The predicted molar refractivity (Wildman–Crippen MR) is 106 cm³/mol. The Morgan fingerprint density at radius 2 is 1.93 bits per heavy atom. The lowest BCUT2D eigenvalue weighted by Crippen LogP contribution is -2.39. The van der Waals surface area contributed by atoms with E-state index in [4.69, 9.17) is 16.1 Å². The van der Waals surface area contributed by atoms with E-state index in [1.54, 1.807) is 35.5 Å². The first-order valence-electron chi connectivity index (χ1n) is 9.16. The molecule has 0 unspecified atom stereocenters. The lowest BCUT2D eigenvalue weighted by Gasteiger charge is -2.32. The number of amides is 1. The number of aromatic amines is 1. The molecule has 0 saturated carbocycles. The minimum Gasteiger partial charge on any atom is -0.347 e. The minimum atomic E-state index is -0.396. The molecule has 29 heavy (non-hydrogen) atoms. The number of carbonyl (C=O) groups excluding carboxylic acids is 1. The highest BCUT2D eigenvalue weighted by Gasteiger charge is 2.36. The maximum Gasteiger partial charge on any atom is 0.254 e. The van der Waals surface area contributed by atoms with E-state index in [0.29, 0.717) is 35.3 Å². The van der Waals surface area contributed by atoms with Gasteiger partial charge in [0.05, 0.1) is 24.3 Å². The number of fused-ring (bicyclic) bond motifs is 1. The van der Waals surface area contributed by atoms with E-state index in [9.17, 15) is 4.79 Å². The average molecular weight is 406 g/mol. The normalized spacial score (nSPS) is 15.9. The zero-order valence-corrected chi connectivity index (χ0v) is 16.0. The Labute approximate surface area is 171 Å². The Bertz CT molecular complexity index is 1150. The molecular formula is C21H16ClN5O2. The second-order valence-corrected chi connectivity index (χ2v) is 7.25. The van der Waals surface area contributed by atoms with Gasteiger partial charge in [-0.15, -0.1) is 0 Å². The Balaban J connectivity index is 1.51. The molecule has 1 atom stereocenters. The molecule has 2 aromatic carbocycles. The van der Waals surface area contributed by atoms with Crippen LogP contribution in [0.5, 0.6) is 0 Å². The fourth-order valence-electron chi connectivity index (χ4n) is 3.50. The molecule has 5 rings (SSSR count). The molecule has 0 aliphatic carbocycles. The van der Waals surface area contributed by atoms with Crippen molar-refractivity contribution < 1.29 is 9.32 Å². The number of halogens is 1. The van der Waals surface area contributed by atoms with E-state index >= 15 is 0 Å². The Morgan fingerprint density at radius 3 is 2.72 bits per heavy atom. The Hall–Kier alpha value is -3.45. The first-order valence-corrected chi connectivity index (χ1v) is 9.53. The fourth-order valence-corrected chi connectivity index (χ4v) is 3.63. The quantitative estimate of drug-likeness (QED) is 0.555. The highest BCUT2D eigenvalue weighted by atomic mass is 35.5. The van der Waals surface area contributed by atoms with Gasteiger partial charge in [0.2, 0.25) is 11.7 Å². The van der Waals surface area contributed by atoms with Gasteiger partial charge in [0.1, 0.15) is 6.04 Å². The molecule has 0 spiro atoms. The van der Waals surface area contributed by atoms with Gasteiger partial charge in [-0.2, -0.15) is 4.98 Å². The van der Waals surface area contributed by atoms with Gasteiger partial charge in [0, 0.05) is 22.6 Å². The van der Waals surface area contributed by atoms with Crippen molar-refractivity contribution in [2.24, 2.45) is 0 Å². The van der Waals surface area contributed by atoms with Gasteiger partial charge >= 0.3 is 0 Å². The molecule has 3 heterocycles. The Morgan fingerprint density at radius 1 is 1.14 bits per heavy atom. The van der Waals surface area contributed by atoms with Crippen LogP contribution in [-0.4, -0.2) is 30.9 Å². The van der Waals surface area contributed by atoms with Crippen LogP contribution in [0.3, 0.4) is 0 Å². The van der Waals surface area contributed by atoms with Crippen LogP contribution >= 0.6 is 11.6 Å². The summed E-state index contributed by atoms with van der Waals surface area (Å²) in [5, 5.41) is 4.74. The topological polar surface area (TPSA) is 87.9 Å². The van der Waals surface area contributed by atoms with Gasteiger partial charge < -0.3 is 14.4 Å². The smallest absolute Gasteiger partial charge is 0.254 e. The van der Waals surface area contributed by atoms with Crippen LogP contribution in [0, 0.1) is 0 Å². The van der Waals surface area contributed by atoms with Gasteiger partial charge in [-0.1, -0.05) is 35.0 Å². The van der Waals surface area contributed by atoms with E-state index in [0.717, 1.165) is 17.0 Å². The highest BCUT2D eigenvalue weighted by molar-refractivity contribution is 6.30. The van der Waals surface area contributed by atoms with Gasteiger partial charge in [-0.25, -0.2) is 4.98 Å². The maximum atomic E-state index is 13.2. The van der Waals surface area contributed by atoms with Gasteiger partial charge in [0.25, 0.3) is 5.91 Å². The van der Waals surface area contributed by atoms with Crippen molar-refractivity contribution in [2.75, 3.05) is 0 Å². The lowest BCUT2D eigenvalue weighted by molar-refractivity contribution is 0.0590. The van der Waals surface area contributed by atoms with Crippen molar-refractivity contribution in [1.29, 1.82) is 0 Å². The second-order valence-electron chi connectivity index (χ2n) is 6.81. The van der Waals surface area contributed by atoms with E-state index in [1.807, 2.05) is 30.3 Å². The number of imidazole rings is 1. The third kappa shape index (κ3) is 3.30. The van der Waals surface area contributed by atoms with Crippen LogP contribution in [0.15, 0.2) is 65.4 Å². The minimum absolute atomic E-state index is 0.0953. The molecule has 7 nitrogen and oxygen atoms in total. The third-order valence-electron chi connectivity index (χ3n) is 5.01. The molecule has 0 fully saturated rings. The molecule has 0 bridgehead atoms. The monoisotopic (exact) mass is 405 g/mol. The predicted octanol–water partition coefficient (Wildman–Crippen LogP) is 4.05. The van der Waals surface area contributed by atoms with E-state index in [2.05, 4.69) is 20.1 Å². The van der Waals surface area contributed by atoms with E-state index in [1.165, 1.54) is 0 Å². The number of carbonyl (C=O) groups is 1. The largest absolute Gasteiger partial charge is 0.347 e. The molecule has 1 N–H and O–H groups in total. The van der Waals surface area contributed by atoms with E-state index < -0.39 is 6.04 Å². The van der Waals surface area contributed by atoms with Crippen molar-refractivity contribution in [2.45, 2.75) is 19.0 Å². The summed E-state index contributed by atoms with van der Waals surface area (Å²) in [4.78, 5) is 27.0.